The molecule has 2 rings (SSSR count). The smallest absolute Gasteiger partial charge is 0.407 e. The van der Waals surface area contributed by atoms with E-state index in [1.165, 1.54) is 18.7 Å². The third-order valence-electron chi connectivity index (χ3n) is 3.85. The molecule has 2 unspecified atom stereocenters. The largest absolute Gasteiger partial charge is 0.465 e. The molecule has 0 aromatic heterocycles. The molecule has 0 aliphatic carbocycles. The number of Topliss-reactive ketones (excluding diaryl/α,β-unsaturated/α-hetero) is 1. The van der Waals surface area contributed by atoms with E-state index in [0.29, 0.717) is 19.4 Å². The lowest BCUT2D eigenvalue weighted by molar-refractivity contribution is -0.392. The molecular formula is C13H21NO7. The molecule has 0 saturated carbocycles. The lowest BCUT2D eigenvalue weighted by Crippen LogP contribution is -2.54. The van der Waals surface area contributed by atoms with Crippen LogP contribution in [0, 0.1) is 5.92 Å². The summed E-state index contributed by atoms with van der Waals surface area (Å²) in [6.07, 6.45) is -2.81. The third kappa shape index (κ3) is 3.52. The van der Waals surface area contributed by atoms with Gasteiger partial charge in [0, 0.05) is 19.0 Å². The molecule has 0 bridgehead atoms. The first kappa shape index (κ1) is 16.2. The summed E-state index contributed by atoms with van der Waals surface area (Å²) < 4.78 is 10.3. The molecule has 21 heavy (non-hydrogen) atoms. The molecule has 8 nitrogen and oxygen atoms in total. The van der Waals surface area contributed by atoms with Crippen molar-refractivity contribution in [3.05, 3.63) is 0 Å². The molecule has 0 radical (unpaired) electrons. The Morgan fingerprint density at radius 1 is 1.24 bits per heavy atom. The second-order valence-corrected chi connectivity index (χ2v) is 5.88. The van der Waals surface area contributed by atoms with Crippen molar-refractivity contribution in [2.45, 2.75) is 57.5 Å². The average Bonchev–Trinajstić information content (AvgIpc) is 2.73. The van der Waals surface area contributed by atoms with Crippen LogP contribution in [0.4, 0.5) is 4.79 Å². The summed E-state index contributed by atoms with van der Waals surface area (Å²) in [7, 11) is 0. The monoisotopic (exact) mass is 303 g/mol. The number of carbonyl (C=O) groups is 2. The van der Waals surface area contributed by atoms with Gasteiger partial charge in [-0.1, -0.05) is 0 Å². The maximum Gasteiger partial charge on any atom is 0.407 e. The van der Waals surface area contributed by atoms with Gasteiger partial charge >= 0.3 is 6.09 Å². The molecule has 1 amide bonds. The molecule has 8 heteroatoms. The number of aliphatic hydroxyl groups excluding tert-OH is 2. The van der Waals surface area contributed by atoms with Gasteiger partial charge in [-0.3, -0.25) is 4.79 Å². The van der Waals surface area contributed by atoms with Crippen LogP contribution in [0.1, 0.15) is 33.1 Å². The lowest BCUT2D eigenvalue weighted by atomic mass is 9.94. The number of rotatable bonds is 3. The Morgan fingerprint density at radius 2 is 1.81 bits per heavy atom. The maximum atomic E-state index is 12.3. The second kappa shape index (κ2) is 5.88. The number of ketones is 1. The highest BCUT2D eigenvalue weighted by molar-refractivity contribution is 5.83. The molecule has 2 aliphatic rings. The van der Waals surface area contributed by atoms with Gasteiger partial charge in [0.05, 0.1) is 0 Å². The maximum absolute atomic E-state index is 12.3. The van der Waals surface area contributed by atoms with E-state index in [-0.39, 0.29) is 6.42 Å². The summed E-state index contributed by atoms with van der Waals surface area (Å²) in [5.74, 6) is -2.88. The number of carboxylic acid groups (broad SMARTS) is 1. The molecule has 2 aliphatic heterocycles. The Morgan fingerprint density at radius 3 is 2.33 bits per heavy atom. The minimum absolute atomic E-state index is 0.0712. The van der Waals surface area contributed by atoms with Crippen LogP contribution in [-0.4, -0.2) is 63.0 Å². The second-order valence-electron chi connectivity index (χ2n) is 5.88. The van der Waals surface area contributed by atoms with Crippen LogP contribution in [0.3, 0.4) is 0 Å². The Labute approximate surface area is 122 Å². The number of amides is 1. The van der Waals surface area contributed by atoms with Crippen LogP contribution >= 0.6 is 0 Å². The van der Waals surface area contributed by atoms with Gasteiger partial charge < -0.3 is 29.7 Å². The molecule has 120 valence electrons. The zero-order valence-electron chi connectivity index (χ0n) is 12.1. The van der Waals surface area contributed by atoms with Gasteiger partial charge in [-0.2, -0.15) is 0 Å². The van der Waals surface area contributed by atoms with E-state index >= 15 is 0 Å². The third-order valence-corrected chi connectivity index (χ3v) is 3.85. The Balaban J connectivity index is 2.01. The van der Waals surface area contributed by atoms with Crippen LogP contribution in [-0.2, 0) is 14.3 Å². The first-order valence-corrected chi connectivity index (χ1v) is 6.95. The summed E-state index contributed by atoms with van der Waals surface area (Å²) in [5, 5.41) is 28.8. The van der Waals surface area contributed by atoms with Crippen LogP contribution < -0.4 is 0 Å². The number of nitrogens with zero attached hydrogens (tertiary/aromatic N) is 1. The normalized spacial score (nSPS) is 35.7. The molecule has 0 spiro atoms. The summed E-state index contributed by atoms with van der Waals surface area (Å²) in [4.78, 5) is 24.5. The van der Waals surface area contributed by atoms with E-state index < -0.39 is 42.2 Å². The minimum atomic E-state index is -1.48. The van der Waals surface area contributed by atoms with Crippen molar-refractivity contribution in [2.24, 2.45) is 5.92 Å². The van der Waals surface area contributed by atoms with E-state index in [4.69, 9.17) is 14.6 Å². The summed E-state index contributed by atoms with van der Waals surface area (Å²) in [5.41, 5.74) is 0. The highest BCUT2D eigenvalue weighted by atomic mass is 16.8. The number of hydrogen-bond donors (Lipinski definition) is 3. The number of hydrogen-bond acceptors (Lipinski definition) is 6. The molecule has 2 fully saturated rings. The summed E-state index contributed by atoms with van der Waals surface area (Å²) in [6, 6.07) is -0.427. The molecule has 0 aromatic carbocycles. The van der Waals surface area contributed by atoms with Gasteiger partial charge in [-0.25, -0.2) is 4.79 Å². The predicted molar refractivity (Wildman–Crippen MR) is 69.1 cm³/mol. The van der Waals surface area contributed by atoms with Gasteiger partial charge in [-0.05, 0) is 26.7 Å². The van der Waals surface area contributed by atoms with E-state index in [0.717, 1.165) is 0 Å². The Bertz CT molecular complexity index is 411. The first-order valence-electron chi connectivity index (χ1n) is 6.95. The Kier molecular flexibility index (Phi) is 4.52. The lowest BCUT2D eigenvalue weighted by Gasteiger charge is -2.41. The molecule has 3 N–H and O–H groups in total. The van der Waals surface area contributed by atoms with Crippen molar-refractivity contribution in [2.75, 3.05) is 6.54 Å². The fourth-order valence-corrected chi connectivity index (χ4v) is 2.88. The van der Waals surface area contributed by atoms with E-state index in [9.17, 15) is 19.8 Å². The van der Waals surface area contributed by atoms with E-state index in [1.54, 1.807) is 0 Å². The van der Waals surface area contributed by atoms with Crippen molar-refractivity contribution < 1.29 is 34.4 Å². The average molecular weight is 303 g/mol. The topological polar surface area (TPSA) is 117 Å². The van der Waals surface area contributed by atoms with Gasteiger partial charge in [0.15, 0.2) is 18.4 Å². The minimum Gasteiger partial charge on any atom is -0.465 e. The SMILES string of the molecule is CC1(C)OC(O)C(C(=O)C[C@@H]2CCCN2C(=O)O)C(O)O1. The first-order chi connectivity index (χ1) is 9.71. The van der Waals surface area contributed by atoms with Crippen molar-refractivity contribution in [1.29, 1.82) is 0 Å². The number of carbonyl (C=O) groups excluding carboxylic acids is 1. The standard InChI is InChI=1S/C13H21NO7/c1-13(2)20-10(16)9(11(17)21-13)8(15)6-7-4-3-5-14(7)12(18)19/h7,9-11,16-17H,3-6H2,1-2H3,(H,18,19)/t7-,9?,10?,11?/m0/s1. The number of ether oxygens (including phenoxy) is 2. The highest BCUT2D eigenvalue weighted by Gasteiger charge is 2.46. The van der Waals surface area contributed by atoms with Gasteiger partial charge in [-0.15, -0.1) is 0 Å². The van der Waals surface area contributed by atoms with E-state index in [2.05, 4.69) is 0 Å². The fraction of sp³-hybridized carbons (Fsp3) is 0.846. The molecule has 0 aromatic rings. The predicted octanol–water partition coefficient (Wildman–Crippen LogP) is 0.124. The van der Waals surface area contributed by atoms with Gasteiger partial charge in [0.25, 0.3) is 0 Å². The number of likely N-dealkylation sites (tertiary alicyclic amines) is 1. The molecule has 2 saturated heterocycles. The molecular weight excluding hydrogens is 282 g/mol. The molecule has 2 heterocycles. The zero-order valence-corrected chi connectivity index (χ0v) is 12.1. The van der Waals surface area contributed by atoms with Gasteiger partial charge in [0.1, 0.15) is 11.7 Å². The van der Waals surface area contributed by atoms with Crippen LogP contribution in [0.5, 0.6) is 0 Å². The van der Waals surface area contributed by atoms with Crippen molar-refractivity contribution in [1.82, 2.24) is 4.90 Å². The summed E-state index contributed by atoms with van der Waals surface area (Å²) >= 11 is 0. The van der Waals surface area contributed by atoms with Crippen LogP contribution in [0.15, 0.2) is 0 Å². The fourth-order valence-electron chi connectivity index (χ4n) is 2.88. The quantitative estimate of drug-likeness (QED) is 0.678. The summed E-state index contributed by atoms with van der Waals surface area (Å²) in [6.45, 7) is 3.43. The number of aliphatic hydroxyl groups is 2. The van der Waals surface area contributed by atoms with Crippen molar-refractivity contribution in [3.63, 3.8) is 0 Å². The zero-order chi connectivity index (χ0) is 15.8. The van der Waals surface area contributed by atoms with Crippen LogP contribution in [0.2, 0.25) is 0 Å². The van der Waals surface area contributed by atoms with Crippen LogP contribution in [0.25, 0.3) is 0 Å². The Hall–Kier alpha value is -1.22. The highest BCUT2D eigenvalue weighted by Crippen LogP contribution is 2.31. The van der Waals surface area contributed by atoms with Gasteiger partial charge in [0.2, 0.25) is 0 Å². The molecule has 3 atom stereocenters. The van der Waals surface area contributed by atoms with Crippen molar-refractivity contribution in [3.8, 4) is 0 Å². The van der Waals surface area contributed by atoms with Crippen molar-refractivity contribution >= 4 is 11.9 Å². The van der Waals surface area contributed by atoms with E-state index in [1.807, 2.05) is 0 Å².